The van der Waals surface area contributed by atoms with Crippen LogP contribution in [0.25, 0.3) is 0 Å². The highest BCUT2D eigenvalue weighted by molar-refractivity contribution is 5.20. The van der Waals surface area contributed by atoms with Crippen LogP contribution in [0.5, 0.6) is 0 Å². The summed E-state index contributed by atoms with van der Waals surface area (Å²) in [6, 6.07) is 0. The maximum Gasteiger partial charge on any atom is 0.0556 e. The number of rotatable bonds is 0. The molecule has 2 aliphatic carbocycles. The zero-order valence-electron chi connectivity index (χ0n) is 7.05. The van der Waals surface area contributed by atoms with Crippen LogP contribution in [0.3, 0.4) is 0 Å². The van der Waals surface area contributed by atoms with Crippen LogP contribution in [0.1, 0.15) is 12.8 Å². The molecule has 1 saturated carbocycles. The van der Waals surface area contributed by atoms with E-state index in [0.29, 0.717) is 16.4 Å². The van der Waals surface area contributed by atoms with E-state index in [1.54, 1.807) is 0 Å². The Morgan fingerprint density at radius 2 is 2.23 bits per heavy atom. The molecule has 3 rings (SSSR count). The summed E-state index contributed by atoms with van der Waals surface area (Å²) in [7, 11) is 0. The minimum Gasteiger partial charge on any atom is -0.761 e. The molecule has 13 heavy (non-hydrogen) atoms. The van der Waals surface area contributed by atoms with E-state index in [1.807, 2.05) is 6.08 Å². The second-order valence-corrected chi connectivity index (χ2v) is 4.12. The predicted octanol–water partition coefficient (Wildman–Crippen LogP) is 0.781. The van der Waals surface area contributed by atoms with Crippen LogP contribution >= 0.6 is 0 Å². The second kappa shape index (κ2) is 2.31. The molecule has 1 heterocycles. The summed E-state index contributed by atoms with van der Waals surface area (Å²) in [4.78, 5) is 4.47. The van der Waals surface area contributed by atoms with Gasteiger partial charge in [0.15, 0.2) is 0 Å². The van der Waals surface area contributed by atoms with Crippen molar-refractivity contribution in [1.29, 1.82) is 0 Å². The van der Waals surface area contributed by atoms with Crippen LogP contribution in [0.15, 0.2) is 12.2 Å². The lowest BCUT2D eigenvalue weighted by molar-refractivity contribution is -0.242. The molecule has 5 nitrogen and oxygen atoms in total. The molecule has 2 bridgehead atoms. The minimum atomic E-state index is -0.582. The van der Waals surface area contributed by atoms with Gasteiger partial charge in [-0.1, -0.05) is 12.2 Å². The van der Waals surface area contributed by atoms with Crippen molar-refractivity contribution >= 4 is 0 Å². The largest absolute Gasteiger partial charge is 0.761 e. The van der Waals surface area contributed by atoms with Gasteiger partial charge in [0, 0.05) is 6.54 Å². The maximum absolute atomic E-state index is 11.4. The Labute approximate surface area is 75.6 Å². The molecule has 1 aliphatic heterocycles. The fraction of sp³-hybridized carbons (Fsp3) is 0.750. The summed E-state index contributed by atoms with van der Waals surface area (Å²) < 4.78 is 0. The van der Waals surface area contributed by atoms with Crippen LogP contribution in [0, 0.1) is 22.3 Å². The van der Waals surface area contributed by atoms with Crippen molar-refractivity contribution in [2.24, 2.45) is 11.8 Å². The molecule has 1 saturated heterocycles. The van der Waals surface area contributed by atoms with Gasteiger partial charge in [0.05, 0.1) is 5.54 Å². The molecule has 3 atom stereocenters. The maximum atomic E-state index is 11.4. The van der Waals surface area contributed by atoms with E-state index < -0.39 is 5.54 Å². The van der Waals surface area contributed by atoms with Crippen molar-refractivity contribution in [3.63, 3.8) is 0 Å². The highest BCUT2D eigenvalue weighted by Crippen LogP contribution is 2.51. The summed E-state index contributed by atoms with van der Waals surface area (Å²) >= 11 is 0. The lowest BCUT2D eigenvalue weighted by atomic mass is 9.85. The highest BCUT2D eigenvalue weighted by atomic mass is 17.1. The number of fused-ring (bicyclic) bond motifs is 3. The van der Waals surface area contributed by atoms with Gasteiger partial charge in [0.25, 0.3) is 0 Å². The standard InChI is InChI=1S/C8H10N2O3/c11-9-5-8(10(12)13-9)4-6-1-2-7(8)3-6/h1-2,6-7H,3-5H2/q-2. The molecule has 0 radical (unpaired) electrons. The topological polar surface area (TPSA) is 61.8 Å². The van der Waals surface area contributed by atoms with E-state index in [-0.39, 0.29) is 12.5 Å². The van der Waals surface area contributed by atoms with E-state index in [9.17, 15) is 10.4 Å². The van der Waals surface area contributed by atoms with Gasteiger partial charge in [-0.25, -0.2) is 15.4 Å². The first kappa shape index (κ1) is 7.90. The molecule has 1 spiro atoms. The lowest BCUT2D eigenvalue weighted by Crippen LogP contribution is -2.46. The van der Waals surface area contributed by atoms with E-state index in [1.165, 1.54) is 0 Å². The van der Waals surface area contributed by atoms with Gasteiger partial charge in [-0.3, -0.25) is 0 Å². The van der Waals surface area contributed by atoms with Crippen LogP contribution in [0.4, 0.5) is 0 Å². The summed E-state index contributed by atoms with van der Waals surface area (Å²) in [5.41, 5.74) is -0.582. The van der Waals surface area contributed by atoms with Crippen LogP contribution in [0.2, 0.25) is 0 Å². The van der Waals surface area contributed by atoms with E-state index >= 15 is 0 Å². The molecule has 0 N–H and O–H groups in total. The summed E-state index contributed by atoms with van der Waals surface area (Å²) in [5, 5.41) is 23.2. The fourth-order valence-electron chi connectivity index (χ4n) is 2.80. The molecule has 0 aromatic rings. The second-order valence-electron chi connectivity index (χ2n) is 4.12. The molecule has 72 valence electrons. The molecule has 5 heteroatoms. The Kier molecular flexibility index (Phi) is 1.41. The third-order valence-electron chi connectivity index (χ3n) is 3.41. The van der Waals surface area contributed by atoms with Gasteiger partial charge in [-0.15, -0.1) is 0 Å². The van der Waals surface area contributed by atoms with E-state index in [0.717, 1.165) is 12.8 Å². The Morgan fingerprint density at radius 3 is 2.69 bits per heavy atom. The van der Waals surface area contributed by atoms with Gasteiger partial charge >= 0.3 is 0 Å². The lowest BCUT2D eigenvalue weighted by Gasteiger charge is -2.40. The SMILES string of the molecule is [O-]N1CC2(CC3C=CC2C3)N([O-])O1. The molecule has 0 aromatic heterocycles. The summed E-state index contributed by atoms with van der Waals surface area (Å²) in [6.07, 6.45) is 5.94. The molecule has 0 aromatic carbocycles. The van der Waals surface area contributed by atoms with Crippen molar-refractivity contribution in [2.75, 3.05) is 6.54 Å². The van der Waals surface area contributed by atoms with Gasteiger partial charge < -0.3 is 10.4 Å². The Hall–Kier alpha value is -0.460. The number of hydroxylamine groups is 4. The molecule has 2 fully saturated rings. The van der Waals surface area contributed by atoms with Crippen molar-refractivity contribution < 1.29 is 4.94 Å². The summed E-state index contributed by atoms with van der Waals surface area (Å²) in [6.45, 7) is 0.183. The first-order chi connectivity index (χ1) is 6.21. The minimum absolute atomic E-state index is 0.183. The zero-order valence-corrected chi connectivity index (χ0v) is 7.05. The highest BCUT2D eigenvalue weighted by Gasteiger charge is 2.52. The number of hydrogen-bond donors (Lipinski definition) is 0. The molecule has 3 unspecified atom stereocenters. The molecular weight excluding hydrogens is 172 g/mol. The Bertz CT molecular complexity index is 270. The smallest absolute Gasteiger partial charge is 0.0556 e. The molecule has 3 aliphatic rings. The summed E-state index contributed by atoms with van der Waals surface area (Å²) in [5.74, 6) is 0.672. The van der Waals surface area contributed by atoms with Crippen molar-refractivity contribution in [1.82, 2.24) is 10.5 Å². The monoisotopic (exact) mass is 182 g/mol. The predicted molar refractivity (Wildman–Crippen MR) is 44.4 cm³/mol. The number of allylic oxidation sites excluding steroid dienone is 1. The third kappa shape index (κ3) is 0.880. The Balaban J connectivity index is 1.94. The van der Waals surface area contributed by atoms with Gasteiger partial charge in [0.1, 0.15) is 0 Å². The van der Waals surface area contributed by atoms with Crippen LogP contribution in [-0.2, 0) is 4.94 Å². The Morgan fingerprint density at radius 1 is 1.38 bits per heavy atom. The quantitative estimate of drug-likeness (QED) is 0.518. The van der Waals surface area contributed by atoms with E-state index in [4.69, 9.17) is 0 Å². The molecular formula is C8H10N2O3-2. The fourth-order valence-corrected chi connectivity index (χ4v) is 2.80. The van der Waals surface area contributed by atoms with Crippen molar-refractivity contribution in [3.8, 4) is 0 Å². The molecule has 0 amide bonds. The normalized spacial score (nSPS) is 50.0. The first-order valence-electron chi connectivity index (χ1n) is 4.49. The van der Waals surface area contributed by atoms with E-state index in [2.05, 4.69) is 11.0 Å². The van der Waals surface area contributed by atoms with Crippen molar-refractivity contribution in [2.45, 2.75) is 18.4 Å². The van der Waals surface area contributed by atoms with Gasteiger partial charge in [-0.05, 0) is 24.7 Å². The third-order valence-corrected chi connectivity index (χ3v) is 3.41. The van der Waals surface area contributed by atoms with Crippen LogP contribution < -0.4 is 0 Å². The van der Waals surface area contributed by atoms with Crippen molar-refractivity contribution in [3.05, 3.63) is 22.6 Å². The number of hydrogen-bond acceptors (Lipinski definition) is 5. The van der Waals surface area contributed by atoms with Crippen LogP contribution in [-0.4, -0.2) is 22.5 Å². The average Bonchev–Trinajstić information content (AvgIpc) is 2.68. The average molecular weight is 182 g/mol. The first-order valence-corrected chi connectivity index (χ1v) is 4.49. The van der Waals surface area contributed by atoms with Gasteiger partial charge in [0.2, 0.25) is 0 Å². The zero-order chi connectivity index (χ0) is 9.05. The van der Waals surface area contributed by atoms with Gasteiger partial charge in [-0.2, -0.15) is 0 Å². The number of nitrogens with zero attached hydrogens (tertiary/aromatic N) is 2.